The largest absolute Gasteiger partial charge is 0.790 e. The number of phosphoric ester groups is 1. The van der Waals surface area contributed by atoms with Crippen molar-refractivity contribution in [2.75, 3.05) is 32.7 Å². The third-order valence-electron chi connectivity index (χ3n) is 4.64. The Morgan fingerprint density at radius 2 is 1.89 bits per heavy atom. The molecule has 3 rings (SSSR count). The van der Waals surface area contributed by atoms with Crippen LogP contribution in [0.3, 0.4) is 0 Å². The first kappa shape index (κ1) is 29.9. The molecule has 1 fully saturated rings. The van der Waals surface area contributed by atoms with Crippen molar-refractivity contribution >= 4 is 40.6 Å². The molecule has 3 unspecified atom stereocenters. The number of hydrogen-bond acceptors (Lipinski definition) is 18. The maximum Gasteiger partial charge on any atom is 0.280 e. The molecule has 23 heteroatoms. The highest BCUT2D eigenvalue weighted by Crippen LogP contribution is 2.60. The van der Waals surface area contributed by atoms with Gasteiger partial charge in [0.2, 0.25) is 5.95 Å². The highest BCUT2D eigenvalue weighted by atomic mass is 31.3. The molecule has 1 aliphatic rings. The van der Waals surface area contributed by atoms with Gasteiger partial charge in [-0.15, -0.1) is 0 Å². The number of nitrogens with zero attached hydrogens (tertiary/aromatic N) is 3. The summed E-state index contributed by atoms with van der Waals surface area (Å²) in [4.78, 5) is 66.3. The number of ether oxygens (including phenoxy) is 3. The van der Waals surface area contributed by atoms with Gasteiger partial charge >= 0.3 is 0 Å². The number of methoxy groups -OCH3 is 1. The van der Waals surface area contributed by atoms with Crippen LogP contribution in [0.1, 0.15) is 12.6 Å². The number of anilines is 1. The second kappa shape index (κ2) is 11.6. The van der Waals surface area contributed by atoms with Crippen LogP contribution >= 0.6 is 23.5 Å². The van der Waals surface area contributed by atoms with Crippen LogP contribution < -0.4 is 30.9 Å². The number of aromatic nitrogens is 4. The average molecular weight is 591 g/mol. The lowest BCUT2D eigenvalue weighted by atomic mass is 10.1. The quantitative estimate of drug-likeness (QED) is 0.148. The van der Waals surface area contributed by atoms with Gasteiger partial charge in [-0.05, 0) is 6.42 Å². The minimum atomic E-state index is -6.18. The first-order valence-corrected chi connectivity index (χ1v) is 14.4. The van der Waals surface area contributed by atoms with Gasteiger partial charge in [-0.3, -0.25) is 27.8 Å². The summed E-state index contributed by atoms with van der Waals surface area (Å²) < 4.78 is 62.0. The van der Waals surface area contributed by atoms with E-state index in [0.717, 1.165) is 6.33 Å². The lowest BCUT2D eigenvalue weighted by molar-refractivity contribution is -0.339. The molecule has 6 atom stereocenters. The predicted octanol–water partition coefficient (Wildman–Crippen LogP) is -3.80. The van der Waals surface area contributed by atoms with Crippen LogP contribution in [0.5, 0.6) is 0 Å². The number of aromatic amines is 1. The van der Waals surface area contributed by atoms with Crippen molar-refractivity contribution in [3.63, 3.8) is 0 Å². The van der Waals surface area contributed by atoms with Crippen molar-refractivity contribution in [1.29, 1.82) is 0 Å². The number of aliphatic hydroxyl groups is 1. The number of nitrogens with two attached hydrogens (primary N) is 1. The van der Waals surface area contributed by atoms with E-state index in [4.69, 9.17) is 19.9 Å². The average Bonchev–Trinajstić information content (AvgIpc) is 3.28. The van der Waals surface area contributed by atoms with E-state index in [-0.39, 0.29) is 23.7 Å². The molecular formula is C14H20N5O15P3-4. The molecular weight excluding hydrogens is 571 g/mol. The second-order valence-electron chi connectivity index (χ2n) is 7.31. The number of nitrogens with one attached hydrogen (secondary N) is 1. The summed E-state index contributed by atoms with van der Waals surface area (Å²) in [6.45, 7) is -0.725. The molecule has 1 aliphatic heterocycles. The van der Waals surface area contributed by atoms with Crippen molar-refractivity contribution in [2.45, 2.75) is 31.0 Å². The Morgan fingerprint density at radius 1 is 1.19 bits per heavy atom. The molecule has 2 aromatic rings. The summed E-state index contributed by atoms with van der Waals surface area (Å²) in [6, 6.07) is 0. The summed E-state index contributed by atoms with van der Waals surface area (Å²) >= 11 is 0. The Balaban J connectivity index is 1.80. The highest BCUT2D eigenvalue weighted by molar-refractivity contribution is 7.64. The molecule has 0 spiro atoms. The van der Waals surface area contributed by atoms with Gasteiger partial charge in [-0.2, -0.15) is 4.98 Å². The zero-order valence-corrected chi connectivity index (χ0v) is 21.3. The lowest BCUT2D eigenvalue weighted by Crippen LogP contribution is -2.36. The van der Waals surface area contributed by atoms with Crippen molar-refractivity contribution < 1.29 is 65.7 Å². The molecule has 0 aromatic carbocycles. The minimum absolute atomic E-state index is 0.0378. The smallest absolute Gasteiger partial charge is 0.280 e. The maximum atomic E-state index is 12.1. The van der Waals surface area contributed by atoms with Crippen LogP contribution in [0.15, 0.2) is 11.1 Å². The number of rotatable bonds is 13. The van der Waals surface area contributed by atoms with E-state index >= 15 is 0 Å². The third-order valence-corrected chi connectivity index (χ3v) is 8.30. The maximum absolute atomic E-state index is 12.1. The number of fused-ring (bicyclic) bond motifs is 1. The Morgan fingerprint density at radius 3 is 2.54 bits per heavy atom. The molecule has 0 radical (unpaired) electrons. The molecule has 37 heavy (non-hydrogen) atoms. The molecule has 210 valence electrons. The molecule has 1 saturated heterocycles. The lowest BCUT2D eigenvalue weighted by Gasteiger charge is -2.37. The van der Waals surface area contributed by atoms with E-state index in [0.29, 0.717) is 13.0 Å². The van der Waals surface area contributed by atoms with Crippen molar-refractivity contribution in [3.05, 3.63) is 16.7 Å². The number of phosphoric acid groups is 3. The molecule has 0 saturated carbocycles. The Kier molecular flexibility index (Phi) is 9.43. The van der Waals surface area contributed by atoms with Crippen LogP contribution in [0, 0.1) is 0 Å². The number of H-pyrrole nitrogens is 1. The Hall–Kier alpha value is -1.60. The molecule has 2 aromatic heterocycles. The highest BCUT2D eigenvalue weighted by Gasteiger charge is 2.46. The summed E-state index contributed by atoms with van der Waals surface area (Å²) in [5.41, 5.74) is 4.71. The van der Waals surface area contributed by atoms with Crippen molar-refractivity contribution in [2.24, 2.45) is 0 Å². The van der Waals surface area contributed by atoms with E-state index in [1.54, 1.807) is 0 Å². The minimum Gasteiger partial charge on any atom is -0.790 e. The predicted molar refractivity (Wildman–Crippen MR) is 110 cm³/mol. The number of aliphatic hydroxyl groups excluding tert-OH is 1. The molecule has 20 nitrogen and oxygen atoms in total. The van der Waals surface area contributed by atoms with Gasteiger partial charge in [0.25, 0.3) is 21.2 Å². The fourth-order valence-electron chi connectivity index (χ4n) is 3.26. The van der Waals surface area contributed by atoms with Crippen molar-refractivity contribution in [3.8, 4) is 0 Å². The van der Waals surface area contributed by atoms with E-state index in [1.165, 1.54) is 11.7 Å². The summed E-state index contributed by atoms with van der Waals surface area (Å²) in [5.74, 6) is -0.260. The van der Waals surface area contributed by atoms with E-state index in [2.05, 4.69) is 28.1 Å². The summed E-state index contributed by atoms with van der Waals surface area (Å²) in [6.07, 6.45) is -4.10. The number of imidazole rings is 1. The van der Waals surface area contributed by atoms with Gasteiger partial charge in [0.05, 0.1) is 20.8 Å². The normalized spacial score (nSPS) is 25.8. The van der Waals surface area contributed by atoms with Crippen LogP contribution in [0.2, 0.25) is 0 Å². The van der Waals surface area contributed by atoms with Crippen LogP contribution in [-0.2, 0) is 41.1 Å². The topological polar surface area (TPSA) is 309 Å². The zero-order valence-electron chi connectivity index (χ0n) is 18.6. The van der Waals surface area contributed by atoms with Gasteiger partial charge in [0.1, 0.15) is 18.3 Å². The van der Waals surface area contributed by atoms with Crippen LogP contribution in [0.4, 0.5) is 5.95 Å². The van der Waals surface area contributed by atoms with Gasteiger partial charge in [0, 0.05) is 20.3 Å². The third kappa shape index (κ3) is 7.95. The molecule has 4 N–H and O–H groups in total. The van der Waals surface area contributed by atoms with E-state index in [9.17, 15) is 43.2 Å². The van der Waals surface area contributed by atoms with E-state index < -0.39 is 60.2 Å². The second-order valence-corrected chi connectivity index (χ2v) is 11.6. The van der Waals surface area contributed by atoms with Gasteiger partial charge in [-0.1, -0.05) is 0 Å². The first-order valence-electron chi connectivity index (χ1n) is 10.0. The number of nitrogen functional groups attached to an aromatic ring is 1. The summed E-state index contributed by atoms with van der Waals surface area (Å²) in [7, 11) is -16.7. The standard InChI is InChI=1S/C14H24N5O15P3/c1-29-3-2-4-30-10-9(20)7(5-31-36(25,26)34-37(27,28)33-35(22,23)24)32-13(10)19-6-16-8-11(19)17-14(15)18-12(8)21/h6-7,9-10,13,20H,2-5H2,1H3,(H,25,26)(H,27,28)(H2,22,23,24)(H3,15,17,18,21)/p-4/t7-,9+,10?,13-/m1/s1. The summed E-state index contributed by atoms with van der Waals surface area (Å²) in [5, 5.41) is 10.7. The number of hydrogen-bond donors (Lipinski definition) is 3. The van der Waals surface area contributed by atoms with Gasteiger partial charge < -0.3 is 53.7 Å². The SMILES string of the molecule is COCCCOC1[C@@H](O)[C@@H](COP(=O)([O-])OP(=O)([O-])OP(=O)([O-])[O-])O[C@H]1n1cnc2c(=O)[nH]c(N)nc21. The van der Waals surface area contributed by atoms with Crippen LogP contribution in [0.25, 0.3) is 11.2 Å². The monoisotopic (exact) mass is 591 g/mol. The molecule has 3 heterocycles. The Labute approximate surface area is 206 Å². The Bertz CT molecular complexity index is 1300. The van der Waals surface area contributed by atoms with E-state index in [1.807, 2.05) is 0 Å². The molecule has 0 aliphatic carbocycles. The molecule has 0 bridgehead atoms. The van der Waals surface area contributed by atoms with Gasteiger partial charge in [0.15, 0.2) is 17.4 Å². The fraction of sp³-hybridized carbons (Fsp3) is 0.643. The fourth-order valence-corrected chi connectivity index (χ4v) is 6.13. The van der Waals surface area contributed by atoms with Crippen LogP contribution in [-0.4, -0.2) is 69.9 Å². The van der Waals surface area contributed by atoms with Crippen molar-refractivity contribution in [1.82, 2.24) is 19.5 Å². The zero-order chi connectivity index (χ0) is 27.6. The molecule has 0 amide bonds. The van der Waals surface area contributed by atoms with Gasteiger partial charge in [-0.25, -0.2) is 9.29 Å². The first-order chi connectivity index (χ1) is 17.1.